The Morgan fingerprint density at radius 3 is 2.34 bits per heavy atom. The Hall–Kier alpha value is -3.43. The van der Waals surface area contributed by atoms with E-state index in [1.54, 1.807) is 18.2 Å². The number of nitrogens with one attached hydrogen (secondary N) is 1. The molecule has 0 radical (unpaired) electrons. The lowest BCUT2D eigenvalue weighted by molar-refractivity contribution is -0.384. The van der Waals surface area contributed by atoms with Crippen LogP contribution in [0.3, 0.4) is 0 Å². The summed E-state index contributed by atoms with van der Waals surface area (Å²) in [5.74, 6) is -0.526. The Morgan fingerprint density at radius 1 is 1.06 bits per heavy atom. The number of carbonyl (C=O) groups is 1. The van der Waals surface area contributed by atoms with Crippen LogP contribution in [0.5, 0.6) is 0 Å². The van der Waals surface area contributed by atoms with Crippen LogP contribution in [0.4, 0.5) is 11.4 Å². The van der Waals surface area contributed by atoms with Gasteiger partial charge in [-0.15, -0.1) is 0 Å². The van der Waals surface area contributed by atoms with Crippen molar-refractivity contribution in [1.29, 1.82) is 0 Å². The third-order valence-electron chi connectivity index (χ3n) is 4.64. The first-order valence-electron chi connectivity index (χ1n) is 9.52. The van der Waals surface area contributed by atoms with E-state index in [9.17, 15) is 23.3 Å². The summed E-state index contributed by atoms with van der Waals surface area (Å²) in [6.45, 7) is 1.68. The van der Waals surface area contributed by atoms with Crippen LogP contribution in [0.1, 0.15) is 11.1 Å². The molecular formula is C22H20ClN3O5S. The van der Waals surface area contributed by atoms with Gasteiger partial charge in [0.25, 0.3) is 15.7 Å². The summed E-state index contributed by atoms with van der Waals surface area (Å²) in [5.41, 5.74) is 1.66. The molecule has 0 atom stereocenters. The molecule has 0 aliphatic heterocycles. The summed E-state index contributed by atoms with van der Waals surface area (Å²) in [6, 6.07) is 18.8. The van der Waals surface area contributed by atoms with Gasteiger partial charge in [0.15, 0.2) is 0 Å². The molecule has 0 unspecified atom stereocenters. The largest absolute Gasteiger partial charge is 0.350 e. The number of nitro groups is 1. The lowest BCUT2D eigenvalue weighted by atomic mass is 10.1. The highest BCUT2D eigenvalue weighted by atomic mass is 35.5. The molecule has 0 aliphatic carbocycles. The average molecular weight is 474 g/mol. The number of halogens is 1. The molecule has 0 bridgehead atoms. The standard InChI is InChI=1S/C22H20ClN3O5S/c1-16-7-9-17(10-8-16)14-24-22(27)15-25(18-5-3-2-4-6-18)32(30,31)19-11-12-20(23)21(13-19)26(28)29/h2-13H,14-15H2,1H3,(H,24,27). The van der Waals surface area contributed by atoms with Crippen LogP contribution in [0.25, 0.3) is 0 Å². The summed E-state index contributed by atoms with van der Waals surface area (Å²) >= 11 is 5.82. The van der Waals surface area contributed by atoms with E-state index in [0.717, 1.165) is 27.6 Å². The third kappa shape index (κ3) is 5.43. The molecule has 10 heteroatoms. The van der Waals surface area contributed by atoms with Crippen LogP contribution in [0, 0.1) is 17.0 Å². The van der Waals surface area contributed by atoms with Gasteiger partial charge in [-0.1, -0.05) is 59.6 Å². The van der Waals surface area contributed by atoms with Gasteiger partial charge in [0.05, 0.1) is 15.5 Å². The smallest absolute Gasteiger partial charge is 0.289 e. The maximum atomic E-state index is 13.3. The van der Waals surface area contributed by atoms with Crippen molar-refractivity contribution < 1.29 is 18.1 Å². The molecule has 1 amide bonds. The van der Waals surface area contributed by atoms with Gasteiger partial charge in [0, 0.05) is 12.6 Å². The number of rotatable bonds is 8. The van der Waals surface area contributed by atoms with Crippen molar-refractivity contribution in [2.24, 2.45) is 0 Å². The van der Waals surface area contributed by atoms with Gasteiger partial charge in [-0.05, 0) is 36.8 Å². The quantitative estimate of drug-likeness (QED) is 0.391. The number of hydrogen-bond donors (Lipinski definition) is 1. The molecule has 0 aliphatic rings. The van der Waals surface area contributed by atoms with E-state index < -0.39 is 33.1 Å². The Bertz CT molecular complexity index is 1230. The molecule has 1 N–H and O–H groups in total. The zero-order valence-corrected chi connectivity index (χ0v) is 18.6. The summed E-state index contributed by atoms with van der Waals surface area (Å²) < 4.78 is 27.6. The van der Waals surface area contributed by atoms with Crippen LogP contribution >= 0.6 is 11.6 Å². The second kappa shape index (κ2) is 9.80. The fourth-order valence-electron chi connectivity index (χ4n) is 2.92. The Labute approximate surface area is 190 Å². The van der Waals surface area contributed by atoms with E-state index in [1.165, 1.54) is 18.2 Å². The molecule has 0 heterocycles. The summed E-state index contributed by atoms with van der Waals surface area (Å²) in [6.07, 6.45) is 0. The van der Waals surface area contributed by atoms with Crippen LogP contribution in [0.2, 0.25) is 5.02 Å². The first-order chi connectivity index (χ1) is 15.2. The van der Waals surface area contributed by atoms with Crippen molar-refractivity contribution >= 4 is 38.9 Å². The van der Waals surface area contributed by atoms with Crippen LogP contribution < -0.4 is 9.62 Å². The molecule has 32 heavy (non-hydrogen) atoms. The van der Waals surface area contributed by atoms with Gasteiger partial charge in [-0.2, -0.15) is 0 Å². The molecule has 0 aromatic heterocycles. The van der Waals surface area contributed by atoms with E-state index in [1.807, 2.05) is 31.2 Å². The molecular weight excluding hydrogens is 454 g/mol. The minimum Gasteiger partial charge on any atom is -0.350 e. The van der Waals surface area contributed by atoms with Crippen molar-refractivity contribution in [3.63, 3.8) is 0 Å². The minimum atomic E-state index is -4.30. The SMILES string of the molecule is Cc1ccc(CNC(=O)CN(c2ccccc2)S(=O)(=O)c2ccc(Cl)c([N+](=O)[O-])c2)cc1. The second-order valence-corrected chi connectivity index (χ2v) is 9.25. The maximum absolute atomic E-state index is 13.3. The van der Waals surface area contributed by atoms with Crippen molar-refractivity contribution in [2.45, 2.75) is 18.4 Å². The fraction of sp³-hybridized carbons (Fsp3) is 0.136. The van der Waals surface area contributed by atoms with Gasteiger partial charge in [0.2, 0.25) is 5.91 Å². The minimum absolute atomic E-state index is 0.184. The van der Waals surface area contributed by atoms with Gasteiger partial charge < -0.3 is 5.32 Å². The van der Waals surface area contributed by atoms with Crippen LogP contribution in [-0.2, 0) is 21.4 Å². The maximum Gasteiger partial charge on any atom is 0.289 e. The predicted molar refractivity (Wildman–Crippen MR) is 122 cm³/mol. The number of carbonyl (C=O) groups excluding carboxylic acids is 1. The topological polar surface area (TPSA) is 110 Å². The highest BCUT2D eigenvalue weighted by molar-refractivity contribution is 7.92. The third-order valence-corrected chi connectivity index (χ3v) is 6.73. The van der Waals surface area contributed by atoms with Crippen LogP contribution in [-0.4, -0.2) is 25.8 Å². The number of nitrogens with zero attached hydrogens (tertiary/aromatic N) is 2. The zero-order chi connectivity index (χ0) is 23.3. The number of hydrogen-bond acceptors (Lipinski definition) is 5. The monoisotopic (exact) mass is 473 g/mol. The van der Waals surface area contributed by atoms with Crippen molar-refractivity contribution in [2.75, 3.05) is 10.8 Å². The van der Waals surface area contributed by atoms with Crippen molar-refractivity contribution in [3.8, 4) is 0 Å². The fourth-order valence-corrected chi connectivity index (χ4v) is 4.55. The molecule has 8 nitrogen and oxygen atoms in total. The van der Waals surface area contributed by atoms with Crippen LogP contribution in [0.15, 0.2) is 77.7 Å². The number of para-hydroxylation sites is 1. The zero-order valence-electron chi connectivity index (χ0n) is 17.1. The molecule has 0 saturated carbocycles. The van der Waals surface area contributed by atoms with E-state index in [2.05, 4.69) is 5.32 Å². The molecule has 0 spiro atoms. The van der Waals surface area contributed by atoms with E-state index in [0.29, 0.717) is 0 Å². The highest BCUT2D eigenvalue weighted by Gasteiger charge is 2.29. The summed E-state index contributed by atoms with van der Waals surface area (Å²) in [7, 11) is -4.30. The number of benzene rings is 3. The lowest BCUT2D eigenvalue weighted by Crippen LogP contribution is -2.40. The van der Waals surface area contributed by atoms with Gasteiger partial charge in [-0.3, -0.25) is 19.2 Å². The lowest BCUT2D eigenvalue weighted by Gasteiger charge is -2.24. The predicted octanol–water partition coefficient (Wildman–Crippen LogP) is 4.07. The van der Waals surface area contributed by atoms with E-state index in [4.69, 9.17) is 11.6 Å². The van der Waals surface area contributed by atoms with Gasteiger partial charge in [0.1, 0.15) is 11.6 Å². The van der Waals surface area contributed by atoms with Crippen molar-refractivity contribution in [1.82, 2.24) is 5.32 Å². The summed E-state index contributed by atoms with van der Waals surface area (Å²) in [5, 5.41) is 13.7. The first-order valence-corrected chi connectivity index (χ1v) is 11.3. The number of nitro benzene ring substituents is 1. The Kier molecular flexibility index (Phi) is 7.12. The Balaban J connectivity index is 1.89. The average Bonchev–Trinajstić information content (AvgIpc) is 2.77. The molecule has 0 saturated heterocycles. The van der Waals surface area contributed by atoms with Gasteiger partial charge >= 0.3 is 0 Å². The normalized spacial score (nSPS) is 11.1. The number of amides is 1. The molecule has 166 valence electrons. The number of anilines is 1. The molecule has 0 fully saturated rings. The highest BCUT2D eigenvalue weighted by Crippen LogP contribution is 2.30. The van der Waals surface area contributed by atoms with E-state index in [-0.39, 0.29) is 22.2 Å². The molecule has 3 aromatic carbocycles. The van der Waals surface area contributed by atoms with Gasteiger partial charge in [-0.25, -0.2) is 8.42 Å². The van der Waals surface area contributed by atoms with Crippen molar-refractivity contribution in [3.05, 3.63) is 99.1 Å². The second-order valence-electron chi connectivity index (χ2n) is 6.98. The number of sulfonamides is 1. The Morgan fingerprint density at radius 2 is 1.72 bits per heavy atom. The first kappa shape index (κ1) is 23.2. The van der Waals surface area contributed by atoms with E-state index >= 15 is 0 Å². The number of aryl methyl sites for hydroxylation is 1. The molecule has 3 aromatic rings. The molecule has 3 rings (SSSR count). The summed E-state index contributed by atoms with van der Waals surface area (Å²) in [4.78, 5) is 22.7.